The van der Waals surface area contributed by atoms with Gasteiger partial charge >= 0.3 is 5.97 Å². The van der Waals surface area contributed by atoms with Crippen LogP contribution in [0.4, 0.5) is 5.69 Å². The molecule has 0 spiro atoms. The van der Waals surface area contributed by atoms with E-state index in [-0.39, 0.29) is 36.6 Å². The summed E-state index contributed by atoms with van der Waals surface area (Å²) < 4.78 is 5.13. The summed E-state index contributed by atoms with van der Waals surface area (Å²) in [5.41, 5.74) is 2.01. The number of nitrogens with one attached hydrogen (secondary N) is 1. The Morgan fingerprint density at radius 2 is 2.14 bits per heavy atom. The molecule has 2 aliphatic rings. The third kappa shape index (κ3) is 3.08. The molecule has 0 saturated carbocycles. The Balaban J connectivity index is 1.58. The average molecular weight is 299 g/mol. The number of rotatable bonds is 4. The molecule has 1 heterocycles. The minimum atomic E-state index is -0.310. The van der Waals surface area contributed by atoms with Gasteiger partial charge in [-0.25, -0.2) is 0 Å². The maximum Gasteiger partial charge on any atom is 0.309 e. The SMILES string of the molecule is O=C1Cc2cc(C(=O)COC(=O)[C@H]3CC=CCC3)ccc2N1. The van der Waals surface area contributed by atoms with Gasteiger partial charge in [0.2, 0.25) is 5.91 Å². The van der Waals surface area contributed by atoms with Crippen molar-refractivity contribution in [3.63, 3.8) is 0 Å². The zero-order valence-electron chi connectivity index (χ0n) is 12.1. The van der Waals surface area contributed by atoms with E-state index in [1.165, 1.54) is 0 Å². The Morgan fingerprint density at radius 3 is 2.91 bits per heavy atom. The number of esters is 1. The van der Waals surface area contributed by atoms with Crippen LogP contribution in [0.15, 0.2) is 30.4 Å². The second-order valence-corrected chi connectivity index (χ2v) is 5.61. The van der Waals surface area contributed by atoms with Crippen molar-refractivity contribution in [1.29, 1.82) is 0 Å². The number of anilines is 1. The molecule has 114 valence electrons. The van der Waals surface area contributed by atoms with Crippen LogP contribution in [-0.2, 0) is 20.7 Å². The minimum Gasteiger partial charge on any atom is -0.457 e. The van der Waals surface area contributed by atoms with Crippen LogP contribution < -0.4 is 5.32 Å². The van der Waals surface area contributed by atoms with Crippen molar-refractivity contribution in [1.82, 2.24) is 0 Å². The fourth-order valence-electron chi connectivity index (χ4n) is 2.75. The van der Waals surface area contributed by atoms with Gasteiger partial charge in [0.05, 0.1) is 12.3 Å². The summed E-state index contributed by atoms with van der Waals surface area (Å²) in [6.45, 7) is -0.251. The Morgan fingerprint density at radius 1 is 1.27 bits per heavy atom. The Kier molecular flexibility index (Phi) is 4.04. The van der Waals surface area contributed by atoms with Crippen LogP contribution in [-0.4, -0.2) is 24.3 Å². The smallest absolute Gasteiger partial charge is 0.309 e. The first-order valence-corrected chi connectivity index (χ1v) is 7.41. The van der Waals surface area contributed by atoms with Gasteiger partial charge in [0.15, 0.2) is 12.4 Å². The largest absolute Gasteiger partial charge is 0.457 e. The minimum absolute atomic E-state index is 0.0728. The number of fused-ring (bicyclic) bond motifs is 1. The van der Waals surface area contributed by atoms with E-state index in [4.69, 9.17) is 4.74 Å². The van der Waals surface area contributed by atoms with Gasteiger partial charge in [-0.05, 0) is 43.0 Å². The van der Waals surface area contributed by atoms with Crippen LogP contribution in [0, 0.1) is 5.92 Å². The van der Waals surface area contributed by atoms with Crippen LogP contribution in [0.1, 0.15) is 35.2 Å². The highest BCUT2D eigenvalue weighted by Gasteiger charge is 2.22. The molecular weight excluding hydrogens is 282 g/mol. The van der Waals surface area contributed by atoms with Gasteiger partial charge in [-0.3, -0.25) is 14.4 Å². The first kappa shape index (κ1) is 14.5. The summed E-state index contributed by atoms with van der Waals surface area (Å²) in [5, 5.41) is 2.71. The number of hydrogen-bond donors (Lipinski definition) is 1. The highest BCUT2D eigenvalue weighted by Crippen LogP contribution is 2.24. The Bertz CT molecular complexity index is 663. The number of hydrogen-bond acceptors (Lipinski definition) is 4. The molecule has 0 radical (unpaired) electrons. The van der Waals surface area contributed by atoms with Crippen LogP contribution in [0.25, 0.3) is 0 Å². The van der Waals surface area contributed by atoms with Gasteiger partial charge in [-0.1, -0.05) is 12.2 Å². The molecule has 1 N–H and O–H groups in total. The first-order chi connectivity index (χ1) is 10.6. The summed E-state index contributed by atoms with van der Waals surface area (Å²) in [6, 6.07) is 5.04. The average Bonchev–Trinajstić information content (AvgIpc) is 2.92. The summed E-state index contributed by atoms with van der Waals surface area (Å²) in [4.78, 5) is 35.3. The van der Waals surface area contributed by atoms with Gasteiger partial charge in [0, 0.05) is 11.3 Å². The molecule has 1 aliphatic heterocycles. The predicted molar refractivity (Wildman–Crippen MR) is 80.5 cm³/mol. The predicted octanol–water partition coefficient (Wildman–Crippen LogP) is 2.26. The molecule has 5 heteroatoms. The first-order valence-electron chi connectivity index (χ1n) is 7.41. The molecule has 1 aromatic rings. The fraction of sp³-hybridized carbons (Fsp3) is 0.353. The number of carbonyl (C=O) groups excluding carboxylic acids is 3. The zero-order chi connectivity index (χ0) is 15.5. The normalized spacial score (nSPS) is 19.5. The number of Topliss-reactive ketones (excluding diaryl/α,β-unsaturated/α-hetero) is 1. The van der Waals surface area contributed by atoms with Crippen LogP contribution in [0.2, 0.25) is 0 Å². The fourth-order valence-corrected chi connectivity index (χ4v) is 2.75. The summed E-state index contributed by atoms with van der Waals surface area (Å²) in [5.74, 6) is -0.770. The molecule has 0 bridgehead atoms. The second-order valence-electron chi connectivity index (χ2n) is 5.61. The molecule has 1 atom stereocenters. The quantitative estimate of drug-likeness (QED) is 0.526. The lowest BCUT2D eigenvalue weighted by molar-refractivity contribution is -0.147. The van der Waals surface area contributed by atoms with Crippen LogP contribution in [0.5, 0.6) is 0 Å². The van der Waals surface area contributed by atoms with E-state index in [0.717, 1.165) is 24.1 Å². The van der Waals surface area contributed by atoms with E-state index < -0.39 is 0 Å². The van der Waals surface area contributed by atoms with E-state index in [2.05, 4.69) is 11.4 Å². The molecule has 1 aliphatic carbocycles. The highest BCUT2D eigenvalue weighted by atomic mass is 16.5. The van der Waals surface area contributed by atoms with Crippen molar-refractivity contribution in [3.05, 3.63) is 41.5 Å². The van der Waals surface area contributed by atoms with Gasteiger partial charge in [0.1, 0.15) is 0 Å². The van der Waals surface area contributed by atoms with Gasteiger partial charge in [0.25, 0.3) is 0 Å². The van der Waals surface area contributed by atoms with Crippen molar-refractivity contribution >= 4 is 23.3 Å². The van der Waals surface area contributed by atoms with Gasteiger partial charge in [-0.2, -0.15) is 0 Å². The molecule has 3 rings (SSSR count). The molecule has 1 aromatic carbocycles. The van der Waals surface area contributed by atoms with Crippen molar-refractivity contribution in [2.75, 3.05) is 11.9 Å². The van der Waals surface area contributed by atoms with Crippen molar-refractivity contribution in [2.45, 2.75) is 25.7 Å². The maximum atomic E-state index is 12.1. The van der Waals surface area contributed by atoms with E-state index in [0.29, 0.717) is 12.0 Å². The van der Waals surface area contributed by atoms with Gasteiger partial charge < -0.3 is 10.1 Å². The second kappa shape index (κ2) is 6.13. The van der Waals surface area contributed by atoms with Crippen molar-refractivity contribution < 1.29 is 19.1 Å². The topological polar surface area (TPSA) is 72.5 Å². The molecule has 5 nitrogen and oxygen atoms in total. The van der Waals surface area contributed by atoms with E-state index in [9.17, 15) is 14.4 Å². The third-order valence-corrected chi connectivity index (χ3v) is 4.00. The highest BCUT2D eigenvalue weighted by molar-refractivity contribution is 6.02. The zero-order valence-corrected chi connectivity index (χ0v) is 12.1. The molecule has 0 aromatic heterocycles. The maximum absolute atomic E-state index is 12.1. The number of amides is 1. The third-order valence-electron chi connectivity index (χ3n) is 4.00. The molecule has 22 heavy (non-hydrogen) atoms. The number of allylic oxidation sites excluding steroid dienone is 2. The van der Waals surface area contributed by atoms with E-state index in [1.54, 1.807) is 18.2 Å². The number of ether oxygens (including phenoxy) is 1. The summed E-state index contributed by atoms with van der Waals surface area (Å²) >= 11 is 0. The monoisotopic (exact) mass is 299 g/mol. The molecular formula is C17H17NO4. The summed E-state index contributed by atoms with van der Waals surface area (Å²) in [6.07, 6.45) is 6.64. The number of ketones is 1. The Labute approximate surface area is 128 Å². The molecule has 0 fully saturated rings. The molecule has 1 amide bonds. The number of benzene rings is 1. The summed E-state index contributed by atoms with van der Waals surface area (Å²) in [7, 11) is 0. The standard InChI is InChI=1S/C17H17NO4/c19-15(10-22-17(21)11-4-2-1-3-5-11)12-6-7-14-13(8-12)9-16(20)18-14/h1-2,6-8,11H,3-5,9-10H2,(H,18,20)/t11-/m0/s1. The Hall–Kier alpha value is -2.43. The van der Waals surface area contributed by atoms with Gasteiger partial charge in [-0.15, -0.1) is 0 Å². The van der Waals surface area contributed by atoms with E-state index >= 15 is 0 Å². The number of carbonyl (C=O) groups is 3. The van der Waals surface area contributed by atoms with Crippen molar-refractivity contribution in [3.8, 4) is 0 Å². The lowest BCUT2D eigenvalue weighted by atomic mass is 9.95. The van der Waals surface area contributed by atoms with Crippen molar-refractivity contribution in [2.24, 2.45) is 5.92 Å². The van der Waals surface area contributed by atoms with Crippen LogP contribution >= 0.6 is 0 Å². The van der Waals surface area contributed by atoms with Crippen LogP contribution in [0.3, 0.4) is 0 Å². The van der Waals surface area contributed by atoms with E-state index in [1.807, 2.05) is 6.08 Å². The lowest BCUT2D eigenvalue weighted by Gasteiger charge is -2.16. The lowest BCUT2D eigenvalue weighted by Crippen LogP contribution is -2.22. The molecule has 0 unspecified atom stereocenters. The molecule has 0 saturated heterocycles.